The molecule has 86 valence electrons. The minimum absolute atomic E-state index is 0.0980. The van der Waals surface area contributed by atoms with Gasteiger partial charge in [0.25, 0.3) is 0 Å². The van der Waals surface area contributed by atoms with Crippen molar-refractivity contribution in [2.45, 2.75) is 11.3 Å². The summed E-state index contributed by atoms with van der Waals surface area (Å²) in [5.41, 5.74) is 6.64. The number of hydrogen-bond donors (Lipinski definition) is 2. The lowest BCUT2D eigenvalue weighted by atomic mass is 10.1. The van der Waals surface area contributed by atoms with Crippen LogP contribution >= 0.6 is 15.9 Å². The molecule has 0 spiro atoms. The quantitative estimate of drug-likeness (QED) is 0.838. The predicted molar refractivity (Wildman–Crippen MR) is 63.9 cm³/mol. The van der Waals surface area contributed by atoms with Crippen molar-refractivity contribution in [2.24, 2.45) is 5.73 Å². The first-order chi connectivity index (χ1) is 7.54. The highest BCUT2D eigenvalue weighted by Crippen LogP contribution is 2.39. The maximum absolute atomic E-state index is 13.3. The van der Waals surface area contributed by atoms with Crippen molar-refractivity contribution >= 4 is 26.8 Å². The summed E-state index contributed by atoms with van der Waals surface area (Å²) in [6, 6.07) is 7.23. The molecule has 0 saturated carbocycles. The summed E-state index contributed by atoms with van der Waals surface area (Å²) in [5, 5.41) is 0.807. The summed E-state index contributed by atoms with van der Waals surface area (Å²) in [4.78, 5) is -0.309. The molecular formula is C11H11BrF2N2. The van der Waals surface area contributed by atoms with E-state index in [9.17, 15) is 8.78 Å². The van der Waals surface area contributed by atoms with Gasteiger partial charge in [-0.25, -0.2) is 0 Å². The van der Waals surface area contributed by atoms with Gasteiger partial charge in [-0.05, 0) is 40.5 Å². The number of benzene rings is 1. The van der Waals surface area contributed by atoms with Gasteiger partial charge >= 0.3 is 4.83 Å². The number of H-pyrrole nitrogens is 1. The highest BCUT2D eigenvalue weighted by molar-refractivity contribution is 9.09. The third-order valence-corrected chi connectivity index (χ3v) is 2.89. The van der Waals surface area contributed by atoms with E-state index in [1.165, 1.54) is 0 Å². The Bertz CT molecular complexity index is 502. The molecule has 0 aliphatic rings. The Kier molecular flexibility index (Phi) is 2.99. The van der Waals surface area contributed by atoms with Gasteiger partial charge in [0, 0.05) is 10.9 Å². The van der Waals surface area contributed by atoms with Crippen LogP contribution in [0.5, 0.6) is 0 Å². The fourth-order valence-corrected chi connectivity index (χ4v) is 2.18. The lowest BCUT2D eigenvalue weighted by Crippen LogP contribution is -2.10. The first kappa shape index (κ1) is 11.5. The Morgan fingerprint density at radius 3 is 2.62 bits per heavy atom. The van der Waals surface area contributed by atoms with Crippen LogP contribution in [0.4, 0.5) is 8.78 Å². The maximum Gasteiger partial charge on any atom is 0.341 e. The fourth-order valence-electron chi connectivity index (χ4n) is 1.85. The van der Waals surface area contributed by atoms with Crippen LogP contribution in [0.3, 0.4) is 0 Å². The molecule has 0 atom stereocenters. The molecule has 0 saturated heterocycles. The minimum Gasteiger partial charge on any atom is -0.352 e. The van der Waals surface area contributed by atoms with Gasteiger partial charge in [-0.3, -0.25) is 0 Å². The van der Waals surface area contributed by atoms with Crippen LogP contribution in [0.2, 0.25) is 0 Å². The molecule has 0 radical (unpaired) electrons. The molecule has 0 aliphatic carbocycles. The van der Waals surface area contributed by atoms with Gasteiger partial charge in [-0.1, -0.05) is 18.2 Å². The van der Waals surface area contributed by atoms with Crippen molar-refractivity contribution in [1.82, 2.24) is 4.98 Å². The number of aromatic amines is 1. The lowest BCUT2D eigenvalue weighted by molar-refractivity contribution is 0.109. The molecule has 1 heterocycles. The molecule has 0 aliphatic heterocycles. The summed E-state index contributed by atoms with van der Waals surface area (Å²) in [7, 11) is 0. The molecule has 0 amide bonds. The van der Waals surface area contributed by atoms with Crippen LogP contribution in [0.1, 0.15) is 11.3 Å². The average Bonchev–Trinajstić information content (AvgIpc) is 2.58. The Balaban J connectivity index is 2.68. The Morgan fingerprint density at radius 1 is 1.31 bits per heavy atom. The number of nitrogens with two attached hydrogens (primary N) is 1. The van der Waals surface area contributed by atoms with Gasteiger partial charge in [0.2, 0.25) is 0 Å². The summed E-state index contributed by atoms with van der Waals surface area (Å²) in [6.45, 7) is 0.345. The van der Waals surface area contributed by atoms with Gasteiger partial charge < -0.3 is 10.7 Å². The third kappa shape index (κ3) is 1.97. The van der Waals surface area contributed by atoms with E-state index >= 15 is 0 Å². The first-order valence-corrected chi connectivity index (χ1v) is 5.70. The van der Waals surface area contributed by atoms with Gasteiger partial charge in [0.15, 0.2) is 0 Å². The minimum atomic E-state index is -3.05. The number of fused-ring (bicyclic) bond motifs is 1. The second-order valence-corrected chi connectivity index (χ2v) is 4.56. The lowest BCUT2D eigenvalue weighted by Gasteiger charge is -2.09. The number of hydrogen-bond acceptors (Lipinski definition) is 1. The number of halogens is 3. The number of rotatable bonds is 3. The summed E-state index contributed by atoms with van der Waals surface area (Å²) in [6.07, 6.45) is 0.431. The molecule has 2 rings (SSSR count). The van der Waals surface area contributed by atoms with Crippen LogP contribution in [0.25, 0.3) is 10.9 Å². The van der Waals surface area contributed by atoms with Crippen LogP contribution in [-0.4, -0.2) is 11.5 Å². The van der Waals surface area contributed by atoms with Crippen molar-refractivity contribution < 1.29 is 8.78 Å². The largest absolute Gasteiger partial charge is 0.352 e. The average molecular weight is 289 g/mol. The molecule has 5 heteroatoms. The molecule has 2 aromatic rings. The van der Waals surface area contributed by atoms with Crippen LogP contribution in [0, 0.1) is 0 Å². The van der Waals surface area contributed by atoms with Crippen molar-refractivity contribution in [2.75, 3.05) is 6.54 Å². The van der Waals surface area contributed by atoms with E-state index in [0.717, 1.165) is 5.39 Å². The van der Waals surface area contributed by atoms with E-state index in [1.54, 1.807) is 12.1 Å². The molecule has 0 fully saturated rings. The second-order valence-electron chi connectivity index (χ2n) is 3.56. The molecule has 0 unspecified atom stereocenters. The van der Waals surface area contributed by atoms with Gasteiger partial charge in [0.05, 0.1) is 0 Å². The monoisotopic (exact) mass is 288 g/mol. The predicted octanol–water partition coefficient (Wildman–Crippen LogP) is 3.11. The summed E-state index contributed by atoms with van der Waals surface area (Å²) >= 11 is 2.38. The zero-order valence-corrected chi connectivity index (χ0v) is 10.0. The summed E-state index contributed by atoms with van der Waals surface area (Å²) in [5.74, 6) is 0. The van der Waals surface area contributed by atoms with E-state index in [1.807, 2.05) is 12.1 Å². The van der Waals surface area contributed by atoms with E-state index in [0.29, 0.717) is 24.0 Å². The highest BCUT2D eigenvalue weighted by Gasteiger charge is 2.32. The number of alkyl halides is 3. The molecule has 3 N–H and O–H groups in total. The SMILES string of the molecule is NCCc1c(C(F)(F)Br)[nH]c2ccccc12. The Morgan fingerprint density at radius 2 is 2.00 bits per heavy atom. The maximum atomic E-state index is 13.3. The zero-order chi connectivity index (χ0) is 11.8. The van der Waals surface area contributed by atoms with Crippen LogP contribution in [-0.2, 0) is 11.3 Å². The zero-order valence-electron chi connectivity index (χ0n) is 8.43. The van der Waals surface area contributed by atoms with Crippen LogP contribution in [0.15, 0.2) is 24.3 Å². The van der Waals surface area contributed by atoms with E-state index in [4.69, 9.17) is 5.73 Å². The highest BCUT2D eigenvalue weighted by atomic mass is 79.9. The number of aromatic nitrogens is 1. The van der Waals surface area contributed by atoms with E-state index in [-0.39, 0.29) is 5.69 Å². The second kappa shape index (κ2) is 4.14. The van der Waals surface area contributed by atoms with Crippen molar-refractivity contribution in [3.05, 3.63) is 35.5 Å². The van der Waals surface area contributed by atoms with E-state index in [2.05, 4.69) is 20.9 Å². The Labute approximate surface area is 100.0 Å². The van der Waals surface area contributed by atoms with Gasteiger partial charge in [-0.15, -0.1) is 0 Å². The smallest absolute Gasteiger partial charge is 0.341 e. The molecule has 0 bridgehead atoms. The molecule has 16 heavy (non-hydrogen) atoms. The van der Waals surface area contributed by atoms with Gasteiger partial charge in [-0.2, -0.15) is 8.78 Å². The molecular weight excluding hydrogens is 278 g/mol. The first-order valence-electron chi connectivity index (χ1n) is 4.91. The number of nitrogens with one attached hydrogen (secondary N) is 1. The van der Waals surface area contributed by atoms with Crippen molar-refractivity contribution in [3.8, 4) is 0 Å². The Hall–Kier alpha value is -0.940. The normalized spacial score (nSPS) is 12.2. The van der Waals surface area contributed by atoms with E-state index < -0.39 is 4.83 Å². The summed E-state index contributed by atoms with van der Waals surface area (Å²) < 4.78 is 26.6. The molecule has 2 nitrogen and oxygen atoms in total. The van der Waals surface area contributed by atoms with Crippen molar-refractivity contribution in [1.29, 1.82) is 0 Å². The third-order valence-electron chi connectivity index (χ3n) is 2.49. The number of para-hydroxylation sites is 1. The van der Waals surface area contributed by atoms with Gasteiger partial charge in [0.1, 0.15) is 5.69 Å². The molecule has 1 aromatic carbocycles. The van der Waals surface area contributed by atoms with Crippen LogP contribution < -0.4 is 5.73 Å². The fraction of sp³-hybridized carbons (Fsp3) is 0.273. The standard InChI is InChI=1S/C11H11BrF2N2/c12-11(13,14)10-8(5-6-15)7-3-1-2-4-9(7)16-10/h1-4,16H,5-6,15H2. The van der Waals surface area contributed by atoms with Crippen molar-refractivity contribution in [3.63, 3.8) is 0 Å². The molecule has 1 aromatic heterocycles. The topological polar surface area (TPSA) is 41.8 Å².